The van der Waals surface area contributed by atoms with E-state index in [1.807, 2.05) is 6.92 Å². The number of nitrogens with one attached hydrogen (secondary N) is 1. The van der Waals surface area contributed by atoms with Gasteiger partial charge in [0.05, 0.1) is 17.7 Å². The molecule has 2 atom stereocenters. The van der Waals surface area contributed by atoms with Crippen molar-refractivity contribution in [1.82, 2.24) is 5.32 Å². The molecule has 4 N–H and O–H groups in total. The lowest BCUT2D eigenvalue weighted by atomic mass is 9.75. The van der Waals surface area contributed by atoms with Gasteiger partial charge in [0.15, 0.2) is 0 Å². The molecule has 1 aliphatic rings. The summed E-state index contributed by atoms with van der Waals surface area (Å²) in [7, 11) is 0. The SMILES string of the molecule is CC(C)(O)C1(C)NCCOC1(C)N. The van der Waals surface area contributed by atoms with Crippen molar-refractivity contribution in [2.75, 3.05) is 13.2 Å². The van der Waals surface area contributed by atoms with Crippen molar-refractivity contribution in [1.29, 1.82) is 0 Å². The first-order valence-electron chi connectivity index (χ1n) is 4.61. The van der Waals surface area contributed by atoms with Crippen LogP contribution in [0.1, 0.15) is 27.7 Å². The Balaban J connectivity index is 2.98. The Morgan fingerprint density at radius 3 is 2.31 bits per heavy atom. The summed E-state index contributed by atoms with van der Waals surface area (Å²) in [5.41, 5.74) is 3.61. The van der Waals surface area contributed by atoms with Gasteiger partial charge in [-0.25, -0.2) is 0 Å². The summed E-state index contributed by atoms with van der Waals surface area (Å²) in [6.07, 6.45) is 0. The van der Waals surface area contributed by atoms with Crippen LogP contribution in [0.4, 0.5) is 0 Å². The molecule has 4 nitrogen and oxygen atoms in total. The third kappa shape index (κ3) is 1.59. The monoisotopic (exact) mass is 188 g/mol. The fourth-order valence-electron chi connectivity index (χ4n) is 1.71. The van der Waals surface area contributed by atoms with Crippen molar-refractivity contribution in [2.45, 2.75) is 44.6 Å². The number of morpholine rings is 1. The normalized spacial score (nSPS) is 42.0. The standard InChI is InChI=1S/C9H20N2O2/c1-7(2,12)8(3)9(4,10)13-6-5-11-8/h11-12H,5-6,10H2,1-4H3. The summed E-state index contributed by atoms with van der Waals surface area (Å²) in [6.45, 7) is 8.44. The van der Waals surface area contributed by atoms with Crippen LogP contribution in [0, 0.1) is 0 Å². The molecule has 1 saturated heterocycles. The number of nitrogens with two attached hydrogens (primary N) is 1. The highest BCUT2D eigenvalue weighted by Gasteiger charge is 2.54. The lowest BCUT2D eigenvalue weighted by Gasteiger charge is -2.53. The first-order chi connectivity index (χ1) is 5.71. The molecule has 0 aromatic carbocycles. The highest BCUT2D eigenvalue weighted by Crippen LogP contribution is 2.33. The second-order valence-electron chi connectivity index (χ2n) is 4.57. The van der Waals surface area contributed by atoms with Gasteiger partial charge in [-0.1, -0.05) is 0 Å². The summed E-state index contributed by atoms with van der Waals surface area (Å²) >= 11 is 0. The predicted molar refractivity (Wildman–Crippen MR) is 51.2 cm³/mol. The summed E-state index contributed by atoms with van der Waals surface area (Å²) in [5, 5.41) is 13.2. The minimum atomic E-state index is -0.920. The van der Waals surface area contributed by atoms with Crippen molar-refractivity contribution in [3.8, 4) is 0 Å². The zero-order chi connectivity index (χ0) is 10.3. The average Bonchev–Trinajstić information content (AvgIpc) is 1.93. The molecule has 2 unspecified atom stereocenters. The van der Waals surface area contributed by atoms with E-state index < -0.39 is 16.9 Å². The minimum absolute atomic E-state index is 0.582. The highest BCUT2D eigenvalue weighted by atomic mass is 16.5. The fraction of sp³-hybridized carbons (Fsp3) is 1.00. The number of hydrogen-bond donors (Lipinski definition) is 3. The van der Waals surface area contributed by atoms with E-state index in [-0.39, 0.29) is 0 Å². The van der Waals surface area contributed by atoms with Crippen molar-refractivity contribution in [3.63, 3.8) is 0 Å². The third-order valence-corrected chi connectivity index (χ3v) is 3.20. The van der Waals surface area contributed by atoms with Crippen LogP contribution in [0.15, 0.2) is 0 Å². The molecule has 0 saturated carbocycles. The van der Waals surface area contributed by atoms with Gasteiger partial charge in [0.2, 0.25) is 0 Å². The molecule has 13 heavy (non-hydrogen) atoms. The van der Waals surface area contributed by atoms with E-state index in [1.54, 1.807) is 20.8 Å². The van der Waals surface area contributed by atoms with Gasteiger partial charge < -0.3 is 20.9 Å². The van der Waals surface area contributed by atoms with E-state index in [0.717, 1.165) is 0 Å². The Morgan fingerprint density at radius 2 is 2.00 bits per heavy atom. The zero-order valence-corrected chi connectivity index (χ0v) is 8.85. The molecule has 0 aromatic rings. The Bertz CT molecular complexity index is 198. The molecule has 78 valence electrons. The summed E-state index contributed by atoms with van der Waals surface area (Å²) in [5.74, 6) is 0. The van der Waals surface area contributed by atoms with E-state index in [1.165, 1.54) is 0 Å². The van der Waals surface area contributed by atoms with Crippen LogP contribution < -0.4 is 11.1 Å². The van der Waals surface area contributed by atoms with Gasteiger partial charge >= 0.3 is 0 Å². The quantitative estimate of drug-likeness (QED) is 0.533. The van der Waals surface area contributed by atoms with E-state index in [2.05, 4.69) is 5.32 Å². The Kier molecular flexibility index (Phi) is 2.45. The molecule has 4 heteroatoms. The van der Waals surface area contributed by atoms with Crippen LogP contribution in [0.2, 0.25) is 0 Å². The molecule has 1 heterocycles. The number of ether oxygens (including phenoxy) is 1. The second kappa shape index (κ2) is 2.92. The molecular weight excluding hydrogens is 168 g/mol. The average molecular weight is 188 g/mol. The first kappa shape index (κ1) is 10.9. The molecule has 0 aromatic heterocycles. The van der Waals surface area contributed by atoms with Gasteiger partial charge in [0.25, 0.3) is 0 Å². The van der Waals surface area contributed by atoms with Crippen molar-refractivity contribution in [2.24, 2.45) is 5.73 Å². The van der Waals surface area contributed by atoms with Gasteiger partial charge in [-0.2, -0.15) is 0 Å². The van der Waals surface area contributed by atoms with Crippen LogP contribution in [-0.2, 0) is 4.74 Å². The maximum atomic E-state index is 10.0. The molecule has 0 radical (unpaired) electrons. The fourth-order valence-corrected chi connectivity index (χ4v) is 1.71. The van der Waals surface area contributed by atoms with Gasteiger partial charge in [-0.05, 0) is 27.7 Å². The molecule has 0 bridgehead atoms. The van der Waals surface area contributed by atoms with Gasteiger partial charge in [0.1, 0.15) is 5.72 Å². The molecule has 1 aliphatic heterocycles. The Hall–Kier alpha value is -0.160. The third-order valence-electron chi connectivity index (χ3n) is 3.20. The topological polar surface area (TPSA) is 67.5 Å². The highest BCUT2D eigenvalue weighted by molar-refractivity contribution is 5.09. The van der Waals surface area contributed by atoms with Crippen LogP contribution in [0.25, 0.3) is 0 Å². The predicted octanol–water partition coefficient (Wildman–Crippen LogP) is -0.189. The summed E-state index contributed by atoms with van der Waals surface area (Å²) in [4.78, 5) is 0. The van der Waals surface area contributed by atoms with Crippen molar-refractivity contribution >= 4 is 0 Å². The van der Waals surface area contributed by atoms with Crippen LogP contribution in [0.3, 0.4) is 0 Å². The molecular formula is C9H20N2O2. The lowest BCUT2D eigenvalue weighted by Crippen LogP contribution is -2.77. The largest absolute Gasteiger partial charge is 0.388 e. The summed E-state index contributed by atoms with van der Waals surface area (Å²) in [6, 6.07) is 0. The zero-order valence-electron chi connectivity index (χ0n) is 8.85. The van der Waals surface area contributed by atoms with Crippen molar-refractivity contribution in [3.05, 3.63) is 0 Å². The van der Waals surface area contributed by atoms with E-state index in [4.69, 9.17) is 10.5 Å². The van der Waals surface area contributed by atoms with E-state index in [9.17, 15) is 5.11 Å². The van der Waals surface area contributed by atoms with Crippen molar-refractivity contribution < 1.29 is 9.84 Å². The van der Waals surface area contributed by atoms with Gasteiger partial charge in [0, 0.05) is 6.54 Å². The van der Waals surface area contributed by atoms with E-state index in [0.29, 0.717) is 13.2 Å². The van der Waals surface area contributed by atoms with Crippen LogP contribution in [-0.4, -0.2) is 35.1 Å². The number of hydrogen-bond acceptors (Lipinski definition) is 4. The second-order valence-corrected chi connectivity index (χ2v) is 4.57. The number of aliphatic hydroxyl groups is 1. The van der Waals surface area contributed by atoms with Gasteiger partial charge in [-0.15, -0.1) is 0 Å². The lowest BCUT2D eigenvalue weighted by molar-refractivity contribution is -0.180. The molecule has 0 aliphatic carbocycles. The Morgan fingerprint density at radius 1 is 1.46 bits per heavy atom. The minimum Gasteiger partial charge on any atom is -0.388 e. The van der Waals surface area contributed by atoms with Crippen LogP contribution >= 0.6 is 0 Å². The number of rotatable bonds is 1. The molecule has 0 amide bonds. The molecule has 1 fully saturated rings. The van der Waals surface area contributed by atoms with Crippen LogP contribution in [0.5, 0.6) is 0 Å². The molecule has 1 rings (SSSR count). The van der Waals surface area contributed by atoms with E-state index >= 15 is 0 Å². The first-order valence-corrected chi connectivity index (χ1v) is 4.61. The van der Waals surface area contributed by atoms with Gasteiger partial charge in [-0.3, -0.25) is 0 Å². The summed E-state index contributed by atoms with van der Waals surface area (Å²) < 4.78 is 5.46. The maximum Gasteiger partial charge on any atom is 0.134 e. The molecule has 0 spiro atoms. The Labute approximate surface area is 79.5 Å². The smallest absolute Gasteiger partial charge is 0.134 e. The maximum absolute atomic E-state index is 10.0.